The molecule has 2 aromatic heterocycles. The Kier molecular flexibility index (Phi) is 2.61. The highest BCUT2D eigenvalue weighted by Crippen LogP contribution is 2.26. The van der Waals surface area contributed by atoms with Gasteiger partial charge in [0.05, 0.1) is 23.6 Å². The monoisotopic (exact) mass is 236 g/mol. The molecular formula is C14H12N4. The smallest absolute Gasteiger partial charge is 0.144 e. The van der Waals surface area contributed by atoms with Gasteiger partial charge >= 0.3 is 0 Å². The van der Waals surface area contributed by atoms with E-state index >= 15 is 0 Å². The zero-order valence-electron chi connectivity index (χ0n) is 9.96. The highest BCUT2D eigenvalue weighted by atomic mass is 15.0. The Morgan fingerprint density at radius 1 is 1.06 bits per heavy atom. The molecule has 0 radical (unpaired) electrons. The van der Waals surface area contributed by atoms with Crippen LogP contribution < -0.4 is 5.32 Å². The van der Waals surface area contributed by atoms with Gasteiger partial charge in [-0.1, -0.05) is 18.2 Å². The summed E-state index contributed by atoms with van der Waals surface area (Å²) < 4.78 is 0. The van der Waals surface area contributed by atoms with Crippen molar-refractivity contribution in [3.63, 3.8) is 0 Å². The maximum atomic E-state index is 4.51. The third-order valence-electron chi connectivity index (χ3n) is 2.81. The van der Waals surface area contributed by atoms with Gasteiger partial charge in [-0.15, -0.1) is 0 Å². The molecule has 1 aromatic carbocycles. The fourth-order valence-corrected chi connectivity index (χ4v) is 1.94. The van der Waals surface area contributed by atoms with Crippen LogP contribution in [0, 0.1) is 0 Å². The van der Waals surface area contributed by atoms with Crippen LogP contribution in [0.3, 0.4) is 0 Å². The molecular weight excluding hydrogens is 224 g/mol. The Hall–Kier alpha value is -2.49. The van der Waals surface area contributed by atoms with Crippen LogP contribution in [0.2, 0.25) is 0 Å². The van der Waals surface area contributed by atoms with Crippen LogP contribution in [-0.2, 0) is 0 Å². The molecule has 4 nitrogen and oxygen atoms in total. The van der Waals surface area contributed by atoms with E-state index in [1.165, 1.54) is 0 Å². The van der Waals surface area contributed by atoms with Gasteiger partial charge in [-0.25, -0.2) is 4.98 Å². The topological polar surface area (TPSA) is 50.7 Å². The third kappa shape index (κ3) is 1.78. The van der Waals surface area contributed by atoms with Crippen molar-refractivity contribution >= 4 is 16.7 Å². The quantitative estimate of drug-likeness (QED) is 0.743. The molecule has 0 unspecified atom stereocenters. The molecule has 0 atom stereocenters. The van der Waals surface area contributed by atoms with Crippen LogP contribution >= 0.6 is 0 Å². The summed E-state index contributed by atoms with van der Waals surface area (Å²) in [6, 6.07) is 9.99. The van der Waals surface area contributed by atoms with Gasteiger partial charge in [0.15, 0.2) is 0 Å². The van der Waals surface area contributed by atoms with Gasteiger partial charge in [0, 0.05) is 24.2 Å². The zero-order chi connectivity index (χ0) is 12.4. The first-order valence-corrected chi connectivity index (χ1v) is 5.72. The molecule has 0 aliphatic heterocycles. The van der Waals surface area contributed by atoms with Crippen LogP contribution in [-0.4, -0.2) is 22.0 Å². The molecule has 0 fully saturated rings. The lowest BCUT2D eigenvalue weighted by Gasteiger charge is -2.06. The molecule has 0 saturated carbocycles. The van der Waals surface area contributed by atoms with Crippen molar-refractivity contribution in [3.8, 4) is 11.3 Å². The first kappa shape index (κ1) is 10.7. The standard InChI is InChI=1S/C14H12N4/c1-15-14-9-16-8-13(18-14)11-4-2-6-12-10(11)5-3-7-17-12/h2-9H,1H3,(H,15,18). The Balaban J connectivity index is 2.24. The molecule has 0 spiro atoms. The lowest BCUT2D eigenvalue weighted by Crippen LogP contribution is -1.95. The average Bonchev–Trinajstić information content (AvgIpc) is 2.47. The van der Waals surface area contributed by atoms with Crippen LogP contribution in [0.15, 0.2) is 48.9 Å². The summed E-state index contributed by atoms with van der Waals surface area (Å²) >= 11 is 0. The van der Waals surface area contributed by atoms with E-state index in [1.807, 2.05) is 37.4 Å². The number of rotatable bonds is 2. The van der Waals surface area contributed by atoms with Crippen LogP contribution in [0.5, 0.6) is 0 Å². The number of nitrogens with zero attached hydrogens (tertiary/aromatic N) is 3. The predicted octanol–water partition coefficient (Wildman–Crippen LogP) is 2.73. The van der Waals surface area contributed by atoms with Crippen molar-refractivity contribution in [2.75, 3.05) is 12.4 Å². The van der Waals surface area contributed by atoms with E-state index < -0.39 is 0 Å². The second-order valence-electron chi connectivity index (χ2n) is 3.92. The molecule has 1 N–H and O–H groups in total. The summed E-state index contributed by atoms with van der Waals surface area (Å²) in [5.41, 5.74) is 2.86. The van der Waals surface area contributed by atoms with Crippen molar-refractivity contribution in [2.45, 2.75) is 0 Å². The van der Waals surface area contributed by atoms with Crippen molar-refractivity contribution in [1.82, 2.24) is 15.0 Å². The number of hydrogen-bond acceptors (Lipinski definition) is 4. The van der Waals surface area contributed by atoms with Crippen LogP contribution in [0.1, 0.15) is 0 Å². The van der Waals surface area contributed by atoms with Gasteiger partial charge in [0.25, 0.3) is 0 Å². The second-order valence-corrected chi connectivity index (χ2v) is 3.92. The van der Waals surface area contributed by atoms with Crippen molar-refractivity contribution in [2.24, 2.45) is 0 Å². The second kappa shape index (κ2) is 4.41. The summed E-state index contributed by atoms with van der Waals surface area (Å²) in [4.78, 5) is 13.0. The van der Waals surface area contributed by atoms with Crippen molar-refractivity contribution in [3.05, 3.63) is 48.9 Å². The number of fused-ring (bicyclic) bond motifs is 1. The average molecular weight is 236 g/mol. The van der Waals surface area contributed by atoms with Gasteiger partial charge in [-0.2, -0.15) is 0 Å². The minimum absolute atomic E-state index is 0.758. The van der Waals surface area contributed by atoms with E-state index in [-0.39, 0.29) is 0 Å². The SMILES string of the molecule is CNc1cncc(-c2cccc3ncccc23)n1. The molecule has 0 aliphatic rings. The number of anilines is 1. The van der Waals surface area contributed by atoms with Gasteiger partial charge in [-0.3, -0.25) is 9.97 Å². The number of nitrogens with one attached hydrogen (secondary N) is 1. The fourth-order valence-electron chi connectivity index (χ4n) is 1.94. The maximum Gasteiger partial charge on any atom is 0.144 e. The molecule has 88 valence electrons. The normalized spacial score (nSPS) is 10.5. The Labute approximate surface area is 105 Å². The summed E-state index contributed by atoms with van der Waals surface area (Å²) in [5, 5.41) is 4.08. The number of pyridine rings is 1. The molecule has 4 heteroatoms. The summed E-state index contributed by atoms with van der Waals surface area (Å²) in [6.07, 6.45) is 5.26. The summed E-state index contributed by atoms with van der Waals surface area (Å²) in [6.45, 7) is 0. The van der Waals surface area contributed by atoms with E-state index in [9.17, 15) is 0 Å². The third-order valence-corrected chi connectivity index (χ3v) is 2.81. The van der Waals surface area contributed by atoms with E-state index in [4.69, 9.17) is 0 Å². The number of benzene rings is 1. The summed E-state index contributed by atoms with van der Waals surface area (Å²) in [7, 11) is 1.83. The van der Waals surface area contributed by atoms with Gasteiger partial charge < -0.3 is 5.32 Å². The van der Waals surface area contributed by atoms with E-state index in [0.717, 1.165) is 28.0 Å². The lowest BCUT2D eigenvalue weighted by molar-refractivity contribution is 1.19. The largest absolute Gasteiger partial charge is 0.372 e. The van der Waals surface area contributed by atoms with Gasteiger partial charge in [0.2, 0.25) is 0 Å². The molecule has 0 saturated heterocycles. The Morgan fingerprint density at radius 3 is 2.89 bits per heavy atom. The maximum absolute atomic E-state index is 4.51. The predicted molar refractivity (Wildman–Crippen MR) is 72.3 cm³/mol. The van der Waals surface area contributed by atoms with Crippen LogP contribution in [0.4, 0.5) is 5.82 Å². The highest BCUT2D eigenvalue weighted by Gasteiger charge is 2.06. The molecule has 3 aromatic rings. The molecule has 2 heterocycles. The molecule has 18 heavy (non-hydrogen) atoms. The minimum atomic E-state index is 0.758. The van der Waals surface area contributed by atoms with Gasteiger partial charge in [0.1, 0.15) is 5.82 Å². The molecule has 0 aliphatic carbocycles. The Bertz CT molecular complexity index is 689. The van der Waals surface area contributed by atoms with Crippen molar-refractivity contribution < 1.29 is 0 Å². The first-order valence-electron chi connectivity index (χ1n) is 5.72. The highest BCUT2D eigenvalue weighted by molar-refractivity contribution is 5.93. The minimum Gasteiger partial charge on any atom is -0.372 e. The fraction of sp³-hybridized carbons (Fsp3) is 0.0714. The van der Waals surface area contributed by atoms with Gasteiger partial charge in [-0.05, 0) is 12.1 Å². The van der Waals surface area contributed by atoms with Crippen LogP contribution in [0.25, 0.3) is 22.2 Å². The van der Waals surface area contributed by atoms with E-state index in [2.05, 4.69) is 20.3 Å². The molecule has 3 rings (SSSR count). The van der Waals surface area contributed by atoms with E-state index in [1.54, 1.807) is 18.6 Å². The van der Waals surface area contributed by atoms with E-state index in [0.29, 0.717) is 0 Å². The number of hydrogen-bond donors (Lipinski definition) is 1. The zero-order valence-corrected chi connectivity index (χ0v) is 9.96. The number of aromatic nitrogens is 3. The first-order chi connectivity index (χ1) is 8.88. The molecule has 0 amide bonds. The Morgan fingerprint density at radius 2 is 2.00 bits per heavy atom. The molecule has 0 bridgehead atoms. The summed E-state index contributed by atoms with van der Waals surface area (Å²) in [5.74, 6) is 0.758. The van der Waals surface area contributed by atoms with Crippen molar-refractivity contribution in [1.29, 1.82) is 0 Å². The lowest BCUT2D eigenvalue weighted by atomic mass is 10.1.